The van der Waals surface area contributed by atoms with Crippen molar-refractivity contribution in [3.8, 4) is 0 Å². The fourth-order valence-electron chi connectivity index (χ4n) is 2.41. The Labute approximate surface area is 160 Å². The van der Waals surface area contributed by atoms with E-state index in [4.69, 9.17) is 18.9 Å². The molecule has 12 nitrogen and oxygen atoms in total. The number of rotatable bonds is 10. The lowest BCUT2D eigenvalue weighted by molar-refractivity contribution is -0.153. The Bertz CT molecular complexity index is 662. The summed E-state index contributed by atoms with van der Waals surface area (Å²) in [4.78, 5) is 51.2. The van der Waals surface area contributed by atoms with Crippen molar-refractivity contribution in [1.29, 1.82) is 0 Å². The van der Waals surface area contributed by atoms with Crippen molar-refractivity contribution in [3.63, 3.8) is 0 Å². The number of carbonyl (C=O) groups excluding carboxylic acids is 4. The summed E-state index contributed by atoms with van der Waals surface area (Å²) in [5, 5.41) is 10.3. The Kier molecular flexibility index (Phi) is 6.11. The topological polar surface area (TPSA) is 142 Å². The molecular formula is C16H21N3O9. The van der Waals surface area contributed by atoms with Crippen LogP contribution < -0.4 is 0 Å². The monoisotopic (exact) mass is 399 g/mol. The van der Waals surface area contributed by atoms with Gasteiger partial charge in [0.2, 0.25) is 6.35 Å². The van der Waals surface area contributed by atoms with Crippen LogP contribution in [0, 0.1) is 0 Å². The van der Waals surface area contributed by atoms with Gasteiger partial charge in [0.15, 0.2) is 0 Å². The number of imide groups is 1. The third-order valence-electron chi connectivity index (χ3n) is 4.09. The molecule has 154 valence electrons. The van der Waals surface area contributed by atoms with Gasteiger partial charge in [0, 0.05) is 6.54 Å². The van der Waals surface area contributed by atoms with E-state index < -0.39 is 43.4 Å². The van der Waals surface area contributed by atoms with E-state index in [1.54, 1.807) is 0 Å². The standard InChI is InChI=1S/C16H21N3O9/c1-2-3-17-14(22)18(4-12(20)27-8-10-6-25-10)16(24)19(15(17)23)5-13(21)28-9-11-7-26-11/h2,10-11,14,22H,1,3-9H2. The Morgan fingerprint density at radius 2 is 1.54 bits per heavy atom. The van der Waals surface area contributed by atoms with Crippen LogP contribution in [0.1, 0.15) is 0 Å². The molecule has 28 heavy (non-hydrogen) atoms. The second kappa shape index (κ2) is 8.54. The summed E-state index contributed by atoms with van der Waals surface area (Å²) < 4.78 is 19.7. The molecule has 0 aromatic heterocycles. The summed E-state index contributed by atoms with van der Waals surface area (Å²) in [5.74, 6) is -1.61. The van der Waals surface area contributed by atoms with Crippen LogP contribution in [0.2, 0.25) is 0 Å². The summed E-state index contributed by atoms with van der Waals surface area (Å²) >= 11 is 0. The molecule has 0 aromatic rings. The molecule has 0 aromatic carbocycles. The number of hydrogen-bond acceptors (Lipinski definition) is 9. The second-order valence-electron chi connectivity index (χ2n) is 6.34. The van der Waals surface area contributed by atoms with E-state index >= 15 is 0 Å². The number of urea groups is 2. The van der Waals surface area contributed by atoms with Gasteiger partial charge in [-0.1, -0.05) is 6.08 Å². The maximum Gasteiger partial charge on any atom is 0.332 e. The summed E-state index contributed by atoms with van der Waals surface area (Å²) in [7, 11) is 0. The third kappa shape index (κ3) is 4.97. The largest absolute Gasteiger partial charge is 0.462 e. The molecule has 3 unspecified atom stereocenters. The highest BCUT2D eigenvalue weighted by molar-refractivity contribution is 5.99. The molecule has 3 aliphatic rings. The predicted octanol–water partition coefficient (Wildman–Crippen LogP) is -1.51. The lowest BCUT2D eigenvalue weighted by Gasteiger charge is -2.43. The summed E-state index contributed by atoms with van der Waals surface area (Å²) in [6, 6.07) is -1.93. The lowest BCUT2D eigenvalue weighted by Crippen LogP contribution is -2.67. The van der Waals surface area contributed by atoms with E-state index in [2.05, 4.69) is 6.58 Å². The van der Waals surface area contributed by atoms with E-state index in [0.717, 1.165) is 9.80 Å². The van der Waals surface area contributed by atoms with E-state index in [-0.39, 0.29) is 32.0 Å². The van der Waals surface area contributed by atoms with Crippen LogP contribution in [-0.2, 0) is 28.5 Å². The molecule has 3 rings (SSSR count). The van der Waals surface area contributed by atoms with Crippen LogP contribution in [0.25, 0.3) is 0 Å². The zero-order valence-corrected chi connectivity index (χ0v) is 15.0. The van der Waals surface area contributed by atoms with Crippen LogP contribution in [0.4, 0.5) is 9.59 Å². The maximum atomic E-state index is 12.6. The number of aliphatic hydroxyl groups excluding tert-OH is 1. The molecule has 3 heterocycles. The number of nitrogens with zero attached hydrogens (tertiary/aromatic N) is 3. The average Bonchev–Trinajstić information content (AvgIpc) is 3.56. The van der Waals surface area contributed by atoms with Gasteiger partial charge < -0.3 is 24.1 Å². The Morgan fingerprint density at radius 3 is 2.04 bits per heavy atom. The van der Waals surface area contributed by atoms with E-state index in [1.165, 1.54) is 6.08 Å². The first-order chi connectivity index (χ1) is 13.4. The third-order valence-corrected chi connectivity index (χ3v) is 4.09. The number of ether oxygens (including phenoxy) is 4. The van der Waals surface area contributed by atoms with Crippen molar-refractivity contribution in [1.82, 2.24) is 14.7 Å². The second-order valence-corrected chi connectivity index (χ2v) is 6.34. The highest BCUT2D eigenvalue weighted by atomic mass is 16.6. The molecule has 0 saturated carbocycles. The molecule has 0 aliphatic carbocycles. The zero-order valence-electron chi connectivity index (χ0n) is 15.0. The van der Waals surface area contributed by atoms with E-state index in [1.807, 2.05) is 0 Å². The van der Waals surface area contributed by atoms with Crippen molar-refractivity contribution in [2.45, 2.75) is 18.6 Å². The van der Waals surface area contributed by atoms with Crippen LogP contribution >= 0.6 is 0 Å². The minimum Gasteiger partial charge on any atom is -0.462 e. The molecule has 0 radical (unpaired) electrons. The number of esters is 2. The quantitative estimate of drug-likeness (QED) is 0.264. The lowest BCUT2D eigenvalue weighted by atomic mass is 10.3. The minimum absolute atomic E-state index is 0.0212. The van der Waals surface area contributed by atoms with Gasteiger partial charge in [-0.3, -0.25) is 19.4 Å². The van der Waals surface area contributed by atoms with Crippen molar-refractivity contribution in [2.75, 3.05) is 46.1 Å². The average molecular weight is 399 g/mol. The summed E-state index contributed by atoms with van der Waals surface area (Å²) in [6.45, 7) is 3.11. The minimum atomic E-state index is -1.71. The number of hydrogen-bond donors (Lipinski definition) is 1. The highest BCUT2D eigenvalue weighted by Crippen LogP contribution is 2.19. The van der Waals surface area contributed by atoms with E-state index in [9.17, 15) is 24.3 Å². The summed E-state index contributed by atoms with van der Waals surface area (Å²) in [6.07, 6.45) is -0.711. The molecule has 4 amide bonds. The van der Waals surface area contributed by atoms with Crippen molar-refractivity contribution in [2.24, 2.45) is 0 Å². The first-order valence-corrected chi connectivity index (χ1v) is 8.63. The molecule has 1 N–H and O–H groups in total. The van der Waals surface area contributed by atoms with Gasteiger partial charge in [0.05, 0.1) is 13.2 Å². The molecule has 0 bridgehead atoms. The van der Waals surface area contributed by atoms with Gasteiger partial charge in [0.25, 0.3) is 0 Å². The first-order valence-electron chi connectivity index (χ1n) is 8.63. The van der Waals surface area contributed by atoms with Crippen molar-refractivity contribution in [3.05, 3.63) is 12.7 Å². The maximum absolute atomic E-state index is 12.6. The SMILES string of the molecule is C=CCN1C(=O)N(CC(=O)OCC2CO2)C(=O)N(CC(=O)OCC2CO2)C1O. The molecule has 0 spiro atoms. The Morgan fingerprint density at radius 1 is 1.04 bits per heavy atom. The predicted molar refractivity (Wildman–Crippen MR) is 88.5 cm³/mol. The summed E-state index contributed by atoms with van der Waals surface area (Å²) in [5.41, 5.74) is 0. The Hall–Kier alpha value is -2.70. The van der Waals surface area contributed by atoms with Gasteiger partial charge in [-0.2, -0.15) is 0 Å². The van der Waals surface area contributed by atoms with Gasteiger partial charge in [0.1, 0.15) is 38.5 Å². The van der Waals surface area contributed by atoms with Gasteiger partial charge >= 0.3 is 24.0 Å². The van der Waals surface area contributed by atoms with Crippen molar-refractivity contribution >= 4 is 24.0 Å². The highest BCUT2D eigenvalue weighted by Gasteiger charge is 2.45. The number of aliphatic hydroxyl groups is 1. The van der Waals surface area contributed by atoms with E-state index in [0.29, 0.717) is 18.1 Å². The zero-order chi connectivity index (χ0) is 20.3. The van der Waals surface area contributed by atoms with Crippen LogP contribution in [-0.4, -0.2) is 108 Å². The Balaban J connectivity index is 1.65. The molecule has 3 fully saturated rings. The van der Waals surface area contributed by atoms with Crippen LogP contribution in [0.3, 0.4) is 0 Å². The normalized spacial score (nSPS) is 26.2. The number of epoxide rings is 2. The van der Waals surface area contributed by atoms with Gasteiger partial charge in [-0.05, 0) is 0 Å². The molecule has 3 atom stereocenters. The smallest absolute Gasteiger partial charge is 0.332 e. The molecule has 12 heteroatoms. The van der Waals surface area contributed by atoms with Gasteiger partial charge in [-0.25, -0.2) is 14.5 Å². The fourth-order valence-corrected chi connectivity index (χ4v) is 2.41. The number of carbonyl (C=O) groups is 4. The molecular weight excluding hydrogens is 378 g/mol. The molecule has 3 aliphatic heterocycles. The molecule has 3 saturated heterocycles. The van der Waals surface area contributed by atoms with Crippen LogP contribution in [0.5, 0.6) is 0 Å². The fraction of sp³-hybridized carbons (Fsp3) is 0.625. The first kappa shape index (κ1) is 20.0. The number of amides is 4. The van der Waals surface area contributed by atoms with Crippen LogP contribution in [0.15, 0.2) is 12.7 Å². The van der Waals surface area contributed by atoms with Gasteiger partial charge in [-0.15, -0.1) is 6.58 Å². The van der Waals surface area contributed by atoms with Crippen molar-refractivity contribution < 1.29 is 43.2 Å².